The maximum Gasteiger partial charge on any atom is 0.114 e. The normalized spacial score (nSPS) is 12.7. The van der Waals surface area contributed by atoms with E-state index in [0.717, 1.165) is 15.6 Å². The number of rotatable bonds is 3. The molecule has 2 aromatic heterocycles. The van der Waals surface area contributed by atoms with E-state index in [9.17, 15) is 5.11 Å². The minimum Gasteiger partial charge on any atom is -0.468 e. The van der Waals surface area contributed by atoms with Crippen LogP contribution in [0.3, 0.4) is 0 Å². The van der Waals surface area contributed by atoms with Gasteiger partial charge in [0.15, 0.2) is 0 Å². The van der Waals surface area contributed by atoms with Gasteiger partial charge >= 0.3 is 0 Å². The number of aryl methyl sites for hydroxylation is 1. The summed E-state index contributed by atoms with van der Waals surface area (Å²) in [6, 6.07) is 5.72. The molecular weight excluding hydrogens is 222 g/mol. The van der Waals surface area contributed by atoms with Crippen LogP contribution < -0.4 is 0 Å². The zero-order chi connectivity index (χ0) is 11.5. The van der Waals surface area contributed by atoms with Crippen LogP contribution in [0.5, 0.6) is 0 Å². The van der Waals surface area contributed by atoms with Gasteiger partial charge in [-0.2, -0.15) is 0 Å². The van der Waals surface area contributed by atoms with Gasteiger partial charge in [-0.3, -0.25) is 4.98 Å². The first-order chi connectivity index (χ1) is 7.66. The number of nitrogens with zero attached hydrogens (tertiary/aromatic N) is 1. The van der Waals surface area contributed by atoms with E-state index in [0.29, 0.717) is 5.69 Å². The maximum atomic E-state index is 9.33. The van der Waals surface area contributed by atoms with Crippen LogP contribution in [0.15, 0.2) is 44.9 Å². The first-order valence-corrected chi connectivity index (χ1v) is 5.84. The van der Waals surface area contributed by atoms with Gasteiger partial charge in [0.05, 0.1) is 23.0 Å². The lowest BCUT2D eigenvalue weighted by Gasteiger charge is -2.04. The third-order valence-electron chi connectivity index (χ3n) is 2.23. The molecule has 0 aliphatic carbocycles. The summed E-state index contributed by atoms with van der Waals surface area (Å²) in [6.07, 6.45) is 2.92. The first-order valence-electron chi connectivity index (χ1n) is 5.03. The molecule has 0 unspecified atom stereocenters. The zero-order valence-corrected chi connectivity index (χ0v) is 9.99. The van der Waals surface area contributed by atoms with Crippen molar-refractivity contribution >= 4 is 11.8 Å². The minimum absolute atomic E-state index is 0.519. The fraction of sp³-hybridized carbons (Fsp3) is 0.250. The summed E-state index contributed by atoms with van der Waals surface area (Å²) in [6.45, 7) is 3.63. The number of pyridine rings is 1. The van der Waals surface area contributed by atoms with E-state index in [2.05, 4.69) is 4.98 Å². The Labute approximate surface area is 98.5 Å². The predicted molar refractivity (Wildman–Crippen MR) is 62.4 cm³/mol. The molecule has 3 nitrogen and oxygen atoms in total. The zero-order valence-electron chi connectivity index (χ0n) is 9.18. The van der Waals surface area contributed by atoms with Crippen LogP contribution in [-0.2, 0) is 0 Å². The molecule has 2 aromatic rings. The molecule has 0 bridgehead atoms. The van der Waals surface area contributed by atoms with Crippen molar-refractivity contribution in [2.24, 2.45) is 0 Å². The van der Waals surface area contributed by atoms with Crippen LogP contribution in [-0.4, -0.2) is 10.1 Å². The highest BCUT2D eigenvalue weighted by Gasteiger charge is 2.05. The summed E-state index contributed by atoms with van der Waals surface area (Å²) in [4.78, 5) is 6.31. The topological polar surface area (TPSA) is 46.3 Å². The molecule has 0 aliphatic rings. The Hall–Kier alpha value is -1.26. The van der Waals surface area contributed by atoms with Crippen molar-refractivity contribution in [2.45, 2.75) is 29.7 Å². The van der Waals surface area contributed by atoms with E-state index in [4.69, 9.17) is 4.42 Å². The number of aliphatic hydroxyl groups is 1. The van der Waals surface area contributed by atoms with Gasteiger partial charge in [0.2, 0.25) is 0 Å². The van der Waals surface area contributed by atoms with Crippen molar-refractivity contribution in [1.82, 2.24) is 4.98 Å². The molecule has 1 N–H and O–H groups in total. The van der Waals surface area contributed by atoms with E-state index in [1.54, 1.807) is 31.1 Å². The van der Waals surface area contributed by atoms with Crippen molar-refractivity contribution in [3.8, 4) is 0 Å². The van der Waals surface area contributed by atoms with Gasteiger partial charge in [-0.15, -0.1) is 0 Å². The Morgan fingerprint density at radius 3 is 2.69 bits per heavy atom. The summed E-state index contributed by atoms with van der Waals surface area (Å²) in [5, 5.41) is 9.33. The Kier molecular flexibility index (Phi) is 3.31. The highest BCUT2D eigenvalue weighted by Crippen LogP contribution is 2.30. The summed E-state index contributed by atoms with van der Waals surface area (Å²) < 4.78 is 5.22. The average Bonchev–Trinajstić information content (AvgIpc) is 2.65. The van der Waals surface area contributed by atoms with E-state index in [1.165, 1.54) is 0 Å². The maximum absolute atomic E-state index is 9.33. The Bertz CT molecular complexity index is 462. The number of aromatic nitrogens is 1. The molecule has 84 valence electrons. The second kappa shape index (κ2) is 4.72. The van der Waals surface area contributed by atoms with Gasteiger partial charge in [-0.1, -0.05) is 11.8 Å². The van der Waals surface area contributed by atoms with Crippen LogP contribution in [0.4, 0.5) is 0 Å². The van der Waals surface area contributed by atoms with E-state index >= 15 is 0 Å². The van der Waals surface area contributed by atoms with Crippen LogP contribution in [0.2, 0.25) is 0 Å². The van der Waals surface area contributed by atoms with Crippen LogP contribution >= 0.6 is 11.8 Å². The van der Waals surface area contributed by atoms with E-state index in [1.807, 2.05) is 25.1 Å². The largest absolute Gasteiger partial charge is 0.468 e. The molecule has 0 saturated carbocycles. The number of hydrogen-bond acceptors (Lipinski definition) is 4. The summed E-state index contributed by atoms with van der Waals surface area (Å²) >= 11 is 1.60. The molecule has 0 spiro atoms. The molecule has 0 aliphatic heterocycles. The fourth-order valence-corrected chi connectivity index (χ4v) is 2.12. The van der Waals surface area contributed by atoms with E-state index < -0.39 is 6.10 Å². The lowest BCUT2D eigenvalue weighted by atomic mass is 10.2. The third kappa shape index (κ3) is 2.46. The number of furan rings is 1. The van der Waals surface area contributed by atoms with Crippen LogP contribution in [0, 0.1) is 6.92 Å². The molecule has 2 heterocycles. The van der Waals surface area contributed by atoms with Gasteiger partial charge in [-0.05, 0) is 32.0 Å². The van der Waals surface area contributed by atoms with Crippen molar-refractivity contribution in [3.05, 3.63) is 42.1 Å². The monoisotopic (exact) mass is 235 g/mol. The standard InChI is InChI=1S/C12H13NO2S/c1-8(14)11-4-3-10(7-13-11)16-12-5-6-15-9(12)2/h3-8,14H,1-2H3/t8-/m0/s1. The lowest BCUT2D eigenvalue weighted by Crippen LogP contribution is -1.94. The Morgan fingerprint density at radius 1 is 1.38 bits per heavy atom. The third-order valence-corrected chi connectivity index (χ3v) is 3.35. The molecule has 16 heavy (non-hydrogen) atoms. The lowest BCUT2D eigenvalue weighted by molar-refractivity contribution is 0.194. The SMILES string of the molecule is Cc1occc1Sc1ccc([C@H](C)O)nc1. The highest BCUT2D eigenvalue weighted by molar-refractivity contribution is 7.99. The van der Waals surface area contributed by atoms with Gasteiger partial charge in [-0.25, -0.2) is 0 Å². The molecule has 0 saturated heterocycles. The quantitative estimate of drug-likeness (QED) is 0.887. The predicted octanol–water partition coefficient (Wildman–Crippen LogP) is 3.19. The number of hydrogen-bond donors (Lipinski definition) is 1. The smallest absolute Gasteiger partial charge is 0.114 e. The summed E-state index contributed by atoms with van der Waals surface area (Å²) in [5.74, 6) is 0.907. The molecule has 2 rings (SSSR count). The molecule has 0 fully saturated rings. The molecule has 1 atom stereocenters. The van der Waals surface area contributed by atoms with Crippen LogP contribution in [0.1, 0.15) is 24.5 Å². The van der Waals surface area contributed by atoms with Gasteiger partial charge in [0.25, 0.3) is 0 Å². The van der Waals surface area contributed by atoms with Crippen molar-refractivity contribution in [3.63, 3.8) is 0 Å². The fourth-order valence-electron chi connectivity index (χ4n) is 1.31. The van der Waals surface area contributed by atoms with Crippen molar-refractivity contribution < 1.29 is 9.52 Å². The molecule has 0 aromatic carbocycles. The Morgan fingerprint density at radius 2 is 2.19 bits per heavy atom. The first kappa shape index (κ1) is 11.2. The molecular formula is C12H13NO2S. The van der Waals surface area contributed by atoms with Gasteiger partial charge in [0.1, 0.15) is 5.76 Å². The second-order valence-electron chi connectivity index (χ2n) is 3.54. The average molecular weight is 235 g/mol. The van der Waals surface area contributed by atoms with Crippen LogP contribution in [0.25, 0.3) is 0 Å². The summed E-state index contributed by atoms with van der Waals surface area (Å²) in [5.41, 5.74) is 0.688. The van der Waals surface area contributed by atoms with Crippen molar-refractivity contribution in [2.75, 3.05) is 0 Å². The molecule has 4 heteroatoms. The van der Waals surface area contributed by atoms with E-state index in [-0.39, 0.29) is 0 Å². The molecule has 0 amide bonds. The Balaban J connectivity index is 2.14. The van der Waals surface area contributed by atoms with Gasteiger partial charge < -0.3 is 9.52 Å². The highest BCUT2D eigenvalue weighted by atomic mass is 32.2. The van der Waals surface area contributed by atoms with Gasteiger partial charge in [0, 0.05) is 11.1 Å². The summed E-state index contributed by atoms with van der Waals surface area (Å²) in [7, 11) is 0. The number of aliphatic hydroxyl groups excluding tert-OH is 1. The second-order valence-corrected chi connectivity index (χ2v) is 4.65. The minimum atomic E-state index is -0.519. The molecule has 0 radical (unpaired) electrons. The van der Waals surface area contributed by atoms with Crippen molar-refractivity contribution in [1.29, 1.82) is 0 Å².